The average Bonchev–Trinajstić information content (AvgIpc) is 3.07. The molecule has 0 aliphatic carbocycles. The van der Waals surface area contributed by atoms with Crippen LogP contribution in [0.5, 0.6) is 11.5 Å². The van der Waals surface area contributed by atoms with E-state index >= 15 is 0 Å². The number of benzene rings is 1. The van der Waals surface area contributed by atoms with Gasteiger partial charge in [0, 0.05) is 6.54 Å². The molecule has 0 fully saturated rings. The summed E-state index contributed by atoms with van der Waals surface area (Å²) in [6.45, 7) is 0.820. The maximum atomic E-state index is 8.84. The van der Waals surface area contributed by atoms with Crippen LogP contribution in [0.15, 0.2) is 36.0 Å². The summed E-state index contributed by atoms with van der Waals surface area (Å²) in [6.07, 6.45) is 1.56. The van der Waals surface area contributed by atoms with Gasteiger partial charge in [-0.25, -0.2) is 9.97 Å². The van der Waals surface area contributed by atoms with Gasteiger partial charge in [0.25, 0.3) is 0 Å². The molecule has 0 radical (unpaired) electrons. The summed E-state index contributed by atoms with van der Waals surface area (Å²) in [4.78, 5) is 9.50. The van der Waals surface area contributed by atoms with Gasteiger partial charge in [-0.15, -0.1) is 11.3 Å². The number of hydrogen-bond donors (Lipinski definition) is 2. The summed E-state index contributed by atoms with van der Waals surface area (Å²) in [5.41, 5.74) is 1.04. The molecule has 120 valence electrons. The van der Waals surface area contributed by atoms with Crippen LogP contribution in [-0.2, 0) is 6.54 Å². The van der Waals surface area contributed by atoms with E-state index in [0.717, 1.165) is 21.6 Å². The predicted molar refractivity (Wildman–Crippen MR) is 90.3 cm³/mol. The first-order chi connectivity index (χ1) is 11.3. The minimum Gasteiger partial charge on any atom is -0.493 e. The van der Waals surface area contributed by atoms with Gasteiger partial charge >= 0.3 is 0 Å². The molecule has 7 heteroatoms. The molecule has 0 saturated heterocycles. The predicted octanol–water partition coefficient (Wildman–Crippen LogP) is 2.68. The quantitative estimate of drug-likeness (QED) is 0.693. The lowest BCUT2D eigenvalue weighted by Crippen LogP contribution is -2.05. The van der Waals surface area contributed by atoms with Crippen LogP contribution < -0.4 is 14.8 Å². The number of anilines is 1. The van der Waals surface area contributed by atoms with Crippen LogP contribution in [0.4, 0.5) is 5.82 Å². The minimum absolute atomic E-state index is 0.0309. The molecular weight excluding hydrogens is 314 g/mol. The second kappa shape index (κ2) is 7.26. The van der Waals surface area contributed by atoms with E-state index in [4.69, 9.17) is 14.6 Å². The number of hydrogen-bond acceptors (Lipinski definition) is 7. The number of fused-ring (bicyclic) bond motifs is 1. The van der Waals surface area contributed by atoms with Crippen molar-refractivity contribution in [3.8, 4) is 11.5 Å². The molecule has 0 atom stereocenters. The number of nitrogens with one attached hydrogen (secondary N) is 1. The lowest BCUT2D eigenvalue weighted by molar-refractivity contribution is 0.196. The van der Waals surface area contributed by atoms with E-state index in [1.165, 1.54) is 0 Å². The molecule has 2 heterocycles. The van der Waals surface area contributed by atoms with Crippen molar-refractivity contribution in [1.82, 2.24) is 9.97 Å². The second-order valence-corrected chi connectivity index (χ2v) is 5.67. The summed E-state index contributed by atoms with van der Waals surface area (Å²) in [5.74, 6) is 2.07. The Morgan fingerprint density at radius 2 is 2.13 bits per heavy atom. The van der Waals surface area contributed by atoms with Crippen LogP contribution in [0.1, 0.15) is 5.56 Å². The molecule has 2 aromatic heterocycles. The zero-order valence-corrected chi connectivity index (χ0v) is 13.5. The maximum absolute atomic E-state index is 8.84. The van der Waals surface area contributed by atoms with E-state index in [-0.39, 0.29) is 13.2 Å². The Kier molecular flexibility index (Phi) is 4.89. The van der Waals surface area contributed by atoms with Crippen LogP contribution in [0.25, 0.3) is 10.2 Å². The number of ether oxygens (including phenoxy) is 2. The maximum Gasteiger partial charge on any atom is 0.161 e. The van der Waals surface area contributed by atoms with Crippen LogP contribution in [0, 0.1) is 0 Å². The Balaban J connectivity index is 1.74. The number of thiophene rings is 1. The van der Waals surface area contributed by atoms with E-state index in [0.29, 0.717) is 18.0 Å². The Morgan fingerprint density at radius 3 is 2.96 bits per heavy atom. The molecular formula is C16H17N3O3S. The number of rotatable bonds is 7. The largest absolute Gasteiger partial charge is 0.493 e. The highest BCUT2D eigenvalue weighted by molar-refractivity contribution is 7.16. The molecule has 3 aromatic rings. The Bertz CT molecular complexity index is 791. The van der Waals surface area contributed by atoms with E-state index in [9.17, 15) is 0 Å². The van der Waals surface area contributed by atoms with Gasteiger partial charge in [0.05, 0.1) is 19.1 Å². The van der Waals surface area contributed by atoms with Crippen LogP contribution in [-0.4, -0.2) is 35.4 Å². The fourth-order valence-electron chi connectivity index (χ4n) is 2.21. The SMILES string of the molecule is COc1cc(CNc2ncnc3sccc23)ccc1OCCO. The van der Waals surface area contributed by atoms with Gasteiger partial charge in [0.2, 0.25) is 0 Å². The third-order valence-corrected chi connectivity index (χ3v) is 4.12. The molecule has 0 unspecified atom stereocenters. The van der Waals surface area contributed by atoms with Crippen molar-refractivity contribution < 1.29 is 14.6 Å². The van der Waals surface area contributed by atoms with Gasteiger partial charge in [-0.05, 0) is 29.1 Å². The van der Waals surface area contributed by atoms with Crippen molar-refractivity contribution in [1.29, 1.82) is 0 Å². The minimum atomic E-state index is -0.0309. The summed E-state index contributed by atoms with van der Waals surface area (Å²) >= 11 is 1.59. The van der Waals surface area contributed by atoms with E-state index in [1.807, 2.05) is 29.6 Å². The number of methoxy groups -OCH3 is 1. The normalized spacial score (nSPS) is 10.7. The zero-order valence-electron chi connectivity index (χ0n) is 12.7. The summed E-state index contributed by atoms with van der Waals surface area (Å²) < 4.78 is 10.8. The fraction of sp³-hybridized carbons (Fsp3) is 0.250. The first-order valence-electron chi connectivity index (χ1n) is 7.14. The molecule has 2 N–H and O–H groups in total. The molecule has 1 aromatic carbocycles. The van der Waals surface area contributed by atoms with Gasteiger partial charge in [-0.1, -0.05) is 6.07 Å². The molecule has 6 nitrogen and oxygen atoms in total. The first kappa shape index (κ1) is 15.5. The van der Waals surface area contributed by atoms with Crippen molar-refractivity contribution >= 4 is 27.4 Å². The summed E-state index contributed by atoms with van der Waals surface area (Å²) in [5, 5.41) is 15.2. The molecule has 3 rings (SSSR count). The highest BCUT2D eigenvalue weighted by Gasteiger charge is 2.08. The van der Waals surface area contributed by atoms with Gasteiger partial charge < -0.3 is 19.9 Å². The highest BCUT2D eigenvalue weighted by Crippen LogP contribution is 2.29. The molecule has 0 amide bonds. The van der Waals surface area contributed by atoms with Gasteiger partial charge in [-0.2, -0.15) is 0 Å². The molecule has 0 aliphatic rings. The van der Waals surface area contributed by atoms with Crippen molar-refractivity contribution in [2.24, 2.45) is 0 Å². The molecule has 0 saturated carbocycles. The Morgan fingerprint density at radius 1 is 1.22 bits per heavy atom. The Hall–Kier alpha value is -2.38. The number of nitrogens with zero attached hydrogens (tertiary/aromatic N) is 2. The third-order valence-electron chi connectivity index (χ3n) is 3.30. The standard InChI is InChI=1S/C16H17N3O3S/c1-21-14-8-11(2-3-13(14)22-6-5-20)9-17-15-12-4-7-23-16(12)19-10-18-15/h2-4,7-8,10,20H,5-6,9H2,1H3,(H,17,18,19). The van der Waals surface area contributed by atoms with E-state index in [2.05, 4.69) is 15.3 Å². The van der Waals surface area contributed by atoms with Crippen LogP contribution in [0.3, 0.4) is 0 Å². The fourth-order valence-corrected chi connectivity index (χ4v) is 2.95. The average molecular weight is 331 g/mol. The highest BCUT2D eigenvalue weighted by atomic mass is 32.1. The van der Waals surface area contributed by atoms with Crippen molar-refractivity contribution in [3.05, 3.63) is 41.5 Å². The Labute approximate surface area is 137 Å². The molecule has 0 aliphatic heterocycles. The zero-order chi connectivity index (χ0) is 16.1. The number of aliphatic hydroxyl groups is 1. The first-order valence-corrected chi connectivity index (χ1v) is 8.02. The van der Waals surface area contributed by atoms with E-state index < -0.39 is 0 Å². The van der Waals surface area contributed by atoms with Gasteiger partial charge in [-0.3, -0.25) is 0 Å². The monoisotopic (exact) mass is 331 g/mol. The van der Waals surface area contributed by atoms with Gasteiger partial charge in [0.15, 0.2) is 11.5 Å². The van der Waals surface area contributed by atoms with E-state index in [1.54, 1.807) is 24.8 Å². The van der Waals surface area contributed by atoms with Crippen molar-refractivity contribution in [2.75, 3.05) is 25.6 Å². The number of aromatic nitrogens is 2. The van der Waals surface area contributed by atoms with Crippen LogP contribution in [0.2, 0.25) is 0 Å². The topological polar surface area (TPSA) is 76.5 Å². The molecule has 0 spiro atoms. The lowest BCUT2D eigenvalue weighted by Gasteiger charge is -2.12. The van der Waals surface area contributed by atoms with Crippen molar-refractivity contribution in [3.63, 3.8) is 0 Å². The summed E-state index contributed by atoms with van der Waals surface area (Å²) in [7, 11) is 1.59. The number of aliphatic hydroxyl groups excluding tert-OH is 1. The third kappa shape index (κ3) is 3.52. The van der Waals surface area contributed by atoms with Crippen LogP contribution >= 0.6 is 11.3 Å². The van der Waals surface area contributed by atoms with Crippen molar-refractivity contribution in [2.45, 2.75) is 6.54 Å². The smallest absolute Gasteiger partial charge is 0.161 e. The lowest BCUT2D eigenvalue weighted by atomic mass is 10.2. The molecule has 23 heavy (non-hydrogen) atoms. The summed E-state index contributed by atoms with van der Waals surface area (Å²) in [6, 6.07) is 7.71. The van der Waals surface area contributed by atoms with Gasteiger partial charge in [0.1, 0.15) is 23.6 Å². The second-order valence-electron chi connectivity index (χ2n) is 4.77. The molecule has 0 bridgehead atoms.